The van der Waals surface area contributed by atoms with Gasteiger partial charge in [0.2, 0.25) is 0 Å². The zero-order valence-electron chi connectivity index (χ0n) is 27.7. The van der Waals surface area contributed by atoms with Gasteiger partial charge in [-0.1, -0.05) is 24.3 Å². The second-order valence-corrected chi connectivity index (χ2v) is 13.9. The van der Waals surface area contributed by atoms with E-state index in [0.29, 0.717) is 11.1 Å². The molecule has 246 valence electrons. The Morgan fingerprint density at radius 3 is 1.80 bits per heavy atom. The first kappa shape index (κ1) is 36.8. The van der Waals surface area contributed by atoms with Crippen LogP contribution in [0.5, 0.6) is 11.5 Å². The van der Waals surface area contributed by atoms with Crippen molar-refractivity contribution in [2.75, 3.05) is 0 Å². The van der Waals surface area contributed by atoms with Crippen molar-refractivity contribution in [1.29, 1.82) is 0 Å². The predicted molar refractivity (Wildman–Crippen MR) is 166 cm³/mol. The van der Waals surface area contributed by atoms with Gasteiger partial charge in [-0.3, -0.25) is 9.59 Å². The quantitative estimate of drug-likeness (QED) is 0.227. The number of nitrogens with one attached hydrogen (secondary N) is 1. The van der Waals surface area contributed by atoms with Crippen molar-refractivity contribution in [3.63, 3.8) is 0 Å². The van der Waals surface area contributed by atoms with Crippen LogP contribution in [-0.2, 0) is 23.9 Å². The first-order valence-electron chi connectivity index (χ1n) is 14.7. The van der Waals surface area contributed by atoms with E-state index in [0.717, 1.165) is 0 Å². The molecule has 45 heavy (non-hydrogen) atoms. The topological polar surface area (TPSA) is 155 Å². The molecule has 0 saturated heterocycles. The van der Waals surface area contributed by atoms with E-state index in [1.165, 1.54) is 18.2 Å². The monoisotopic (exact) mass is 627 g/mol. The number of rotatable bonds is 10. The molecule has 2 rings (SSSR count). The molecule has 0 aliphatic rings. The smallest absolute Gasteiger partial charge is 0.408 e. The van der Waals surface area contributed by atoms with E-state index in [9.17, 15) is 29.1 Å². The highest BCUT2D eigenvalue weighted by Gasteiger charge is 2.36. The number of aliphatic carboxylic acids is 1. The van der Waals surface area contributed by atoms with E-state index < -0.39 is 64.5 Å². The predicted octanol–water partition coefficient (Wildman–Crippen LogP) is 6.29. The van der Waals surface area contributed by atoms with Gasteiger partial charge in [0.1, 0.15) is 17.7 Å². The summed E-state index contributed by atoms with van der Waals surface area (Å²) in [6, 6.07) is 11.0. The number of ether oxygens (including phenoxy) is 4. The molecule has 2 unspecified atom stereocenters. The summed E-state index contributed by atoms with van der Waals surface area (Å²) in [5, 5.41) is 12.7. The minimum absolute atomic E-state index is 0.0504. The molecule has 0 spiro atoms. The van der Waals surface area contributed by atoms with Crippen LogP contribution < -0.4 is 14.8 Å². The molecule has 0 aliphatic carbocycles. The molecule has 0 bridgehead atoms. The fourth-order valence-electron chi connectivity index (χ4n) is 3.89. The Kier molecular flexibility index (Phi) is 11.9. The van der Waals surface area contributed by atoms with Gasteiger partial charge in [0.05, 0.1) is 16.4 Å². The minimum Gasteiger partial charge on any atom is -0.480 e. The lowest BCUT2D eigenvalue weighted by Gasteiger charge is -2.29. The van der Waals surface area contributed by atoms with Crippen molar-refractivity contribution in [2.45, 2.75) is 99.3 Å². The van der Waals surface area contributed by atoms with Crippen LogP contribution in [0.1, 0.15) is 97.5 Å². The van der Waals surface area contributed by atoms with Crippen molar-refractivity contribution >= 4 is 30.0 Å². The normalized spacial score (nSPS) is 13.9. The van der Waals surface area contributed by atoms with Crippen molar-refractivity contribution in [1.82, 2.24) is 5.32 Å². The number of alkyl carbamates (subject to hydrolysis) is 1. The van der Waals surface area contributed by atoms with E-state index in [4.69, 9.17) is 18.9 Å². The fourth-order valence-corrected chi connectivity index (χ4v) is 3.89. The second-order valence-electron chi connectivity index (χ2n) is 13.9. The van der Waals surface area contributed by atoms with Gasteiger partial charge < -0.3 is 29.4 Å². The largest absolute Gasteiger partial charge is 0.480 e. The molecule has 2 aromatic rings. The first-order chi connectivity index (χ1) is 20.6. The highest BCUT2D eigenvalue weighted by atomic mass is 16.6. The van der Waals surface area contributed by atoms with Gasteiger partial charge in [-0.05, 0) is 105 Å². The highest BCUT2D eigenvalue weighted by Crippen LogP contribution is 2.37. The van der Waals surface area contributed by atoms with Crippen LogP contribution >= 0.6 is 0 Å². The maximum atomic E-state index is 12.9. The molecule has 0 heterocycles. The maximum absolute atomic E-state index is 12.9. The number of esters is 3. The summed E-state index contributed by atoms with van der Waals surface area (Å²) in [6.07, 6.45) is -1.87. The summed E-state index contributed by atoms with van der Waals surface area (Å²) in [4.78, 5) is 63.8. The summed E-state index contributed by atoms with van der Waals surface area (Å²) in [7, 11) is 0. The molecule has 0 fully saturated rings. The third-order valence-electron chi connectivity index (χ3n) is 6.27. The minimum atomic E-state index is -1.56. The van der Waals surface area contributed by atoms with Crippen molar-refractivity contribution in [2.24, 2.45) is 10.8 Å². The van der Waals surface area contributed by atoms with Crippen LogP contribution in [0.15, 0.2) is 48.5 Å². The number of amides is 1. The van der Waals surface area contributed by atoms with Crippen molar-refractivity contribution in [3.05, 3.63) is 59.7 Å². The molecule has 0 aliphatic heterocycles. The number of carbonyl (C=O) groups is 5. The SMILES string of the molecule is CC(CC(c1ccc(OC(=O)C(C)(C)C)c(OC(=O)C(C)(C)C)c1)[C@@H](NC(=O)OC(C)(C)C)C(=O)O)OC(=O)c1ccccc1. The standard InChI is InChI=1S/C34H45NO10/c1-20(42-28(38)21-14-12-11-13-15-21)18-23(26(27(36)37)35-31(41)45-34(8,9)10)22-16-17-24(43-29(39)32(2,3)4)25(19-22)44-30(40)33(5,6)7/h11-17,19-20,23,26H,18H2,1-10H3,(H,35,41)(H,36,37)/t20?,23?,26-/m1/s1. The summed E-state index contributed by atoms with van der Waals surface area (Å²) in [6.45, 7) is 16.5. The number of hydrogen-bond acceptors (Lipinski definition) is 9. The zero-order valence-corrected chi connectivity index (χ0v) is 27.7. The summed E-state index contributed by atoms with van der Waals surface area (Å²) in [5.74, 6) is -4.42. The lowest BCUT2D eigenvalue weighted by Crippen LogP contribution is -2.47. The molecule has 2 aromatic carbocycles. The molecular weight excluding hydrogens is 582 g/mol. The number of carboxylic acids is 1. The number of hydrogen-bond donors (Lipinski definition) is 2. The second kappa shape index (κ2) is 14.6. The Labute approximate surface area is 264 Å². The van der Waals surface area contributed by atoms with E-state index in [2.05, 4.69) is 5.32 Å². The third kappa shape index (κ3) is 11.6. The summed E-state index contributed by atoms with van der Waals surface area (Å²) in [5.41, 5.74) is -2.11. The van der Waals surface area contributed by atoms with Crippen LogP contribution in [0, 0.1) is 10.8 Å². The average molecular weight is 628 g/mol. The van der Waals surface area contributed by atoms with E-state index in [1.807, 2.05) is 0 Å². The molecule has 11 heteroatoms. The highest BCUT2D eigenvalue weighted by molar-refractivity contribution is 5.89. The maximum Gasteiger partial charge on any atom is 0.408 e. The van der Waals surface area contributed by atoms with E-state index >= 15 is 0 Å². The zero-order chi connectivity index (χ0) is 34.3. The van der Waals surface area contributed by atoms with Crippen LogP contribution in [0.3, 0.4) is 0 Å². The molecular formula is C34H45NO10. The van der Waals surface area contributed by atoms with Gasteiger partial charge in [0.25, 0.3) is 0 Å². The van der Waals surface area contributed by atoms with Crippen LogP contribution in [0.4, 0.5) is 4.79 Å². The molecule has 3 atom stereocenters. The van der Waals surface area contributed by atoms with Crippen molar-refractivity contribution < 1.29 is 48.0 Å². The Bertz CT molecular complexity index is 1380. The van der Waals surface area contributed by atoms with Crippen LogP contribution in [-0.4, -0.2) is 52.8 Å². The van der Waals surface area contributed by atoms with Gasteiger partial charge >= 0.3 is 30.0 Å². The van der Waals surface area contributed by atoms with Crippen LogP contribution in [0.25, 0.3) is 0 Å². The van der Waals surface area contributed by atoms with Gasteiger partial charge in [0, 0.05) is 5.92 Å². The lowest BCUT2D eigenvalue weighted by molar-refractivity contribution is -0.145. The van der Waals surface area contributed by atoms with Gasteiger partial charge in [-0.15, -0.1) is 0 Å². The molecule has 2 N–H and O–H groups in total. The molecule has 11 nitrogen and oxygen atoms in total. The first-order valence-corrected chi connectivity index (χ1v) is 14.7. The Morgan fingerprint density at radius 2 is 1.31 bits per heavy atom. The Morgan fingerprint density at radius 1 is 0.778 bits per heavy atom. The molecule has 0 saturated carbocycles. The van der Waals surface area contributed by atoms with E-state index in [-0.39, 0.29) is 17.9 Å². The Hall–Kier alpha value is -4.41. The third-order valence-corrected chi connectivity index (χ3v) is 6.27. The number of carboxylic acid groups (broad SMARTS) is 1. The molecule has 0 aromatic heterocycles. The van der Waals surface area contributed by atoms with Crippen LogP contribution in [0.2, 0.25) is 0 Å². The van der Waals surface area contributed by atoms with E-state index in [1.54, 1.807) is 99.6 Å². The summed E-state index contributed by atoms with van der Waals surface area (Å²) < 4.78 is 22.2. The Balaban J connectivity index is 2.61. The van der Waals surface area contributed by atoms with Gasteiger partial charge in [-0.2, -0.15) is 0 Å². The van der Waals surface area contributed by atoms with Crippen molar-refractivity contribution in [3.8, 4) is 11.5 Å². The van der Waals surface area contributed by atoms with Gasteiger partial charge in [-0.25, -0.2) is 14.4 Å². The average Bonchev–Trinajstić information content (AvgIpc) is 2.89. The number of benzene rings is 2. The van der Waals surface area contributed by atoms with Gasteiger partial charge in [0.15, 0.2) is 11.5 Å². The summed E-state index contributed by atoms with van der Waals surface area (Å²) >= 11 is 0. The molecule has 0 radical (unpaired) electrons. The number of carbonyl (C=O) groups excluding carboxylic acids is 4. The fraction of sp³-hybridized carbons (Fsp3) is 0.500. The molecule has 1 amide bonds. The lowest BCUT2D eigenvalue weighted by atomic mass is 9.86.